The van der Waals surface area contributed by atoms with Gasteiger partial charge in [0.05, 0.1) is 19.6 Å². The minimum Gasteiger partial charge on any atom is -0.349 e. The van der Waals surface area contributed by atoms with Gasteiger partial charge in [0.25, 0.3) is 0 Å². The molecule has 0 radical (unpaired) electrons. The van der Waals surface area contributed by atoms with Crippen LogP contribution in [-0.4, -0.2) is 31.6 Å². The predicted molar refractivity (Wildman–Crippen MR) is 82.5 cm³/mol. The lowest BCUT2D eigenvalue weighted by Gasteiger charge is -2.29. The molecule has 1 amide bonds. The van der Waals surface area contributed by atoms with Crippen LogP contribution in [0.5, 0.6) is 0 Å². The van der Waals surface area contributed by atoms with Crippen molar-refractivity contribution < 1.29 is 14.1 Å². The van der Waals surface area contributed by atoms with Crippen LogP contribution >= 0.6 is 0 Å². The van der Waals surface area contributed by atoms with E-state index >= 15 is 0 Å². The molecule has 0 atom stereocenters. The molecule has 0 aromatic heterocycles. The summed E-state index contributed by atoms with van der Waals surface area (Å²) in [4.78, 5) is 13.5. The molecule has 0 saturated carbocycles. The molecule has 1 aromatic rings. The van der Waals surface area contributed by atoms with Crippen molar-refractivity contribution >= 4 is 12.0 Å². The van der Waals surface area contributed by atoms with Gasteiger partial charge in [0, 0.05) is 30.5 Å². The number of amides is 1. The fraction of sp³-hybridized carbons (Fsp3) is 0.471. The summed E-state index contributed by atoms with van der Waals surface area (Å²) < 4.78 is 13.4. The largest absolute Gasteiger partial charge is 0.349 e. The van der Waals surface area contributed by atoms with E-state index in [0.717, 1.165) is 25.9 Å². The van der Waals surface area contributed by atoms with Crippen LogP contribution in [0.4, 0.5) is 4.39 Å². The van der Waals surface area contributed by atoms with Crippen molar-refractivity contribution in [2.24, 2.45) is 0 Å². The molecular weight excluding hydrogens is 267 g/mol. The van der Waals surface area contributed by atoms with Gasteiger partial charge in [0.2, 0.25) is 5.91 Å². The molecule has 114 valence electrons. The first-order valence-electron chi connectivity index (χ1n) is 7.75. The molecule has 3 nitrogen and oxygen atoms in total. The van der Waals surface area contributed by atoms with Gasteiger partial charge in [-0.15, -0.1) is 0 Å². The Bertz CT molecular complexity index is 493. The summed E-state index contributed by atoms with van der Waals surface area (Å²) >= 11 is 0. The van der Waals surface area contributed by atoms with E-state index in [4.69, 9.17) is 0 Å². The Kier molecular flexibility index (Phi) is 5.93. The van der Waals surface area contributed by atoms with Crippen molar-refractivity contribution in [3.05, 3.63) is 41.7 Å². The molecule has 1 aromatic carbocycles. The maximum Gasteiger partial charge on any atom is 0.244 e. The molecule has 1 saturated heterocycles. The molecule has 1 aliphatic rings. The van der Waals surface area contributed by atoms with Crippen LogP contribution in [0.15, 0.2) is 30.3 Å². The zero-order valence-corrected chi connectivity index (χ0v) is 12.6. The van der Waals surface area contributed by atoms with E-state index in [9.17, 15) is 9.18 Å². The van der Waals surface area contributed by atoms with Crippen LogP contribution in [0.3, 0.4) is 0 Å². The topological polar surface area (TPSA) is 33.5 Å². The average Bonchev–Trinajstić information content (AvgIpc) is 2.49. The molecule has 1 aliphatic heterocycles. The SMILES string of the molecule is CCC[NH+]1CCC(NC(=O)/C=C/c2ccccc2F)CC1. The molecule has 0 bridgehead atoms. The van der Waals surface area contributed by atoms with Crippen LogP contribution in [0.2, 0.25) is 0 Å². The summed E-state index contributed by atoms with van der Waals surface area (Å²) in [5.74, 6) is -0.444. The van der Waals surface area contributed by atoms with Gasteiger partial charge in [0.1, 0.15) is 5.82 Å². The lowest BCUT2D eigenvalue weighted by Crippen LogP contribution is -3.13. The first-order chi connectivity index (χ1) is 10.2. The minimum absolute atomic E-state index is 0.137. The number of quaternary nitrogens is 1. The number of hydrogen-bond acceptors (Lipinski definition) is 1. The number of carbonyl (C=O) groups is 1. The molecule has 0 aliphatic carbocycles. The Hall–Kier alpha value is -1.68. The highest BCUT2D eigenvalue weighted by atomic mass is 19.1. The number of benzene rings is 1. The van der Waals surface area contributed by atoms with Gasteiger partial charge < -0.3 is 10.2 Å². The van der Waals surface area contributed by atoms with Gasteiger partial charge in [-0.3, -0.25) is 4.79 Å². The minimum atomic E-state index is -0.307. The number of nitrogens with one attached hydrogen (secondary N) is 2. The van der Waals surface area contributed by atoms with E-state index < -0.39 is 0 Å². The van der Waals surface area contributed by atoms with E-state index in [-0.39, 0.29) is 17.8 Å². The number of carbonyl (C=O) groups excluding carboxylic acids is 1. The molecule has 1 fully saturated rings. The van der Waals surface area contributed by atoms with Crippen LogP contribution < -0.4 is 10.2 Å². The number of likely N-dealkylation sites (tertiary alicyclic amines) is 1. The zero-order valence-electron chi connectivity index (χ0n) is 12.6. The van der Waals surface area contributed by atoms with Gasteiger partial charge in [-0.1, -0.05) is 25.1 Å². The number of halogens is 1. The lowest BCUT2D eigenvalue weighted by atomic mass is 10.0. The normalized spacial score (nSPS) is 22.4. The molecule has 21 heavy (non-hydrogen) atoms. The third-order valence-corrected chi connectivity index (χ3v) is 3.96. The highest BCUT2D eigenvalue weighted by molar-refractivity contribution is 5.91. The van der Waals surface area contributed by atoms with Crippen molar-refractivity contribution in [2.75, 3.05) is 19.6 Å². The molecule has 1 heterocycles. The second kappa shape index (κ2) is 7.93. The number of rotatable bonds is 5. The molecule has 2 N–H and O–H groups in total. The van der Waals surface area contributed by atoms with Gasteiger partial charge >= 0.3 is 0 Å². The Labute approximate surface area is 125 Å². The Balaban J connectivity index is 1.79. The maximum absolute atomic E-state index is 13.4. The van der Waals surface area contributed by atoms with Crippen LogP contribution in [0.1, 0.15) is 31.7 Å². The fourth-order valence-corrected chi connectivity index (χ4v) is 2.80. The summed E-state index contributed by atoms with van der Waals surface area (Å²) in [6.45, 7) is 5.66. The summed E-state index contributed by atoms with van der Waals surface area (Å²) in [5, 5.41) is 3.01. The van der Waals surface area contributed by atoms with Crippen LogP contribution in [0, 0.1) is 5.82 Å². The third kappa shape index (κ3) is 4.97. The smallest absolute Gasteiger partial charge is 0.244 e. The molecule has 4 heteroatoms. The number of piperidine rings is 1. The van der Waals surface area contributed by atoms with Crippen LogP contribution in [0.25, 0.3) is 6.08 Å². The third-order valence-electron chi connectivity index (χ3n) is 3.96. The highest BCUT2D eigenvalue weighted by Gasteiger charge is 2.21. The molecular formula is C17H24FN2O+. The van der Waals surface area contributed by atoms with E-state index in [1.807, 2.05) is 0 Å². The Morgan fingerprint density at radius 1 is 1.38 bits per heavy atom. The summed E-state index contributed by atoms with van der Waals surface area (Å²) in [6, 6.07) is 6.70. The van der Waals surface area contributed by atoms with Crippen molar-refractivity contribution in [1.82, 2.24) is 5.32 Å². The first kappa shape index (κ1) is 15.7. The summed E-state index contributed by atoms with van der Waals surface area (Å²) in [5.41, 5.74) is 0.440. The fourth-order valence-electron chi connectivity index (χ4n) is 2.80. The number of hydrogen-bond donors (Lipinski definition) is 2. The Morgan fingerprint density at radius 3 is 2.76 bits per heavy atom. The van der Waals surface area contributed by atoms with Crippen molar-refractivity contribution in [3.63, 3.8) is 0 Å². The van der Waals surface area contributed by atoms with Crippen molar-refractivity contribution in [2.45, 2.75) is 32.2 Å². The van der Waals surface area contributed by atoms with Crippen molar-refractivity contribution in [3.8, 4) is 0 Å². The first-order valence-corrected chi connectivity index (χ1v) is 7.75. The maximum atomic E-state index is 13.4. The zero-order chi connectivity index (χ0) is 15.1. The van der Waals surface area contributed by atoms with Gasteiger partial charge in [-0.05, 0) is 18.6 Å². The van der Waals surface area contributed by atoms with Crippen LogP contribution in [-0.2, 0) is 4.79 Å². The standard InChI is InChI=1S/C17H23FN2O/c1-2-11-20-12-9-15(10-13-20)19-17(21)8-7-14-5-3-4-6-16(14)18/h3-8,15H,2,9-13H2,1H3,(H,19,21)/p+1/b8-7+. The van der Waals surface area contributed by atoms with Gasteiger partial charge in [-0.2, -0.15) is 0 Å². The van der Waals surface area contributed by atoms with Gasteiger partial charge in [-0.25, -0.2) is 4.39 Å². The van der Waals surface area contributed by atoms with E-state index in [1.54, 1.807) is 23.1 Å². The average molecular weight is 291 g/mol. The summed E-state index contributed by atoms with van der Waals surface area (Å²) in [7, 11) is 0. The quantitative estimate of drug-likeness (QED) is 0.790. The molecule has 0 unspecified atom stereocenters. The molecule has 0 spiro atoms. The van der Waals surface area contributed by atoms with Crippen molar-refractivity contribution in [1.29, 1.82) is 0 Å². The monoisotopic (exact) mass is 291 g/mol. The van der Waals surface area contributed by atoms with E-state index in [1.165, 1.54) is 31.2 Å². The lowest BCUT2D eigenvalue weighted by molar-refractivity contribution is -0.905. The predicted octanol–water partition coefficient (Wildman–Crippen LogP) is 1.41. The summed E-state index contributed by atoms with van der Waals surface area (Å²) in [6.07, 6.45) is 6.20. The van der Waals surface area contributed by atoms with E-state index in [2.05, 4.69) is 12.2 Å². The van der Waals surface area contributed by atoms with E-state index in [0.29, 0.717) is 5.56 Å². The highest BCUT2D eigenvalue weighted by Crippen LogP contribution is 2.08. The second-order valence-corrected chi connectivity index (χ2v) is 5.64. The van der Waals surface area contributed by atoms with Gasteiger partial charge in [0.15, 0.2) is 0 Å². The Morgan fingerprint density at radius 2 is 2.10 bits per heavy atom. The molecule has 2 rings (SSSR count). The second-order valence-electron chi connectivity index (χ2n) is 5.64.